The van der Waals surface area contributed by atoms with Gasteiger partial charge in [-0.2, -0.15) is 0 Å². The highest BCUT2D eigenvalue weighted by Gasteiger charge is 2.14. The fourth-order valence-corrected chi connectivity index (χ4v) is 3.61. The van der Waals surface area contributed by atoms with Gasteiger partial charge in [-0.1, -0.05) is 49.6 Å². The first-order chi connectivity index (χ1) is 12.8. The molecule has 1 aliphatic carbocycles. The van der Waals surface area contributed by atoms with E-state index >= 15 is 0 Å². The molecule has 2 aromatic heterocycles. The highest BCUT2D eigenvalue weighted by atomic mass is 15.0. The second-order valence-electron chi connectivity index (χ2n) is 6.99. The molecule has 1 fully saturated rings. The standard InChI is InChI=1S/C22H24N4/c1-16-24-21(13-22(25-16)26-20-10-6-3-7-11-20)19-12-18(14-23-15-19)17-8-4-2-5-9-17/h2,4-5,8-9,12-15,20H,3,6-7,10-11H2,1H3,(H,24,25,26). The van der Waals surface area contributed by atoms with E-state index in [1.54, 1.807) is 0 Å². The summed E-state index contributed by atoms with van der Waals surface area (Å²) in [5.74, 6) is 1.70. The van der Waals surface area contributed by atoms with Gasteiger partial charge in [0.15, 0.2) is 0 Å². The molecule has 26 heavy (non-hydrogen) atoms. The molecule has 1 N–H and O–H groups in total. The quantitative estimate of drug-likeness (QED) is 0.701. The number of benzene rings is 1. The Bertz CT molecular complexity index is 870. The van der Waals surface area contributed by atoms with Gasteiger partial charge in [-0.3, -0.25) is 4.98 Å². The highest BCUT2D eigenvalue weighted by Crippen LogP contribution is 2.26. The molecule has 0 atom stereocenters. The predicted octanol–water partition coefficient (Wildman–Crippen LogP) is 5.26. The van der Waals surface area contributed by atoms with Gasteiger partial charge in [0.1, 0.15) is 11.6 Å². The van der Waals surface area contributed by atoms with Crippen molar-refractivity contribution in [1.29, 1.82) is 0 Å². The van der Waals surface area contributed by atoms with Crippen molar-refractivity contribution in [2.24, 2.45) is 0 Å². The van der Waals surface area contributed by atoms with Crippen LogP contribution in [0.15, 0.2) is 54.9 Å². The second kappa shape index (κ2) is 7.65. The minimum atomic E-state index is 0.527. The van der Waals surface area contributed by atoms with Gasteiger partial charge in [-0.05, 0) is 31.4 Å². The Balaban J connectivity index is 1.63. The van der Waals surface area contributed by atoms with Gasteiger partial charge in [0.2, 0.25) is 0 Å². The van der Waals surface area contributed by atoms with Gasteiger partial charge in [-0.15, -0.1) is 0 Å². The van der Waals surface area contributed by atoms with Crippen molar-refractivity contribution < 1.29 is 0 Å². The van der Waals surface area contributed by atoms with Crippen LogP contribution in [0.4, 0.5) is 5.82 Å². The van der Waals surface area contributed by atoms with Crippen LogP contribution in [0.5, 0.6) is 0 Å². The Morgan fingerprint density at radius 3 is 2.42 bits per heavy atom. The molecule has 1 aromatic carbocycles. The summed E-state index contributed by atoms with van der Waals surface area (Å²) in [6, 6.07) is 15.0. The molecule has 0 radical (unpaired) electrons. The van der Waals surface area contributed by atoms with Gasteiger partial charge in [0.05, 0.1) is 5.69 Å². The third kappa shape index (κ3) is 3.90. The largest absolute Gasteiger partial charge is 0.367 e. The summed E-state index contributed by atoms with van der Waals surface area (Å²) in [5.41, 5.74) is 4.19. The van der Waals surface area contributed by atoms with E-state index < -0.39 is 0 Å². The third-order valence-electron chi connectivity index (χ3n) is 4.94. The molecule has 0 aliphatic heterocycles. The topological polar surface area (TPSA) is 50.7 Å². The molecular formula is C22H24N4. The van der Waals surface area contributed by atoms with Crippen molar-refractivity contribution in [3.05, 3.63) is 60.7 Å². The molecule has 3 aromatic rings. The van der Waals surface area contributed by atoms with Crippen molar-refractivity contribution in [2.75, 3.05) is 5.32 Å². The number of aryl methyl sites for hydroxylation is 1. The Morgan fingerprint density at radius 1 is 0.846 bits per heavy atom. The number of anilines is 1. The van der Waals surface area contributed by atoms with Crippen molar-refractivity contribution in [3.63, 3.8) is 0 Å². The van der Waals surface area contributed by atoms with Crippen LogP contribution in [0.3, 0.4) is 0 Å². The van der Waals surface area contributed by atoms with E-state index in [0.29, 0.717) is 6.04 Å². The molecule has 0 spiro atoms. The highest BCUT2D eigenvalue weighted by molar-refractivity contribution is 5.71. The van der Waals surface area contributed by atoms with Crippen LogP contribution in [0.2, 0.25) is 0 Å². The fraction of sp³-hybridized carbons (Fsp3) is 0.318. The molecule has 4 heteroatoms. The van der Waals surface area contributed by atoms with Gasteiger partial charge in [0.25, 0.3) is 0 Å². The summed E-state index contributed by atoms with van der Waals surface area (Å²) in [7, 11) is 0. The van der Waals surface area contributed by atoms with Crippen LogP contribution in [0.1, 0.15) is 37.9 Å². The lowest BCUT2D eigenvalue weighted by molar-refractivity contribution is 0.462. The molecule has 0 unspecified atom stereocenters. The van der Waals surface area contributed by atoms with E-state index in [1.165, 1.54) is 32.1 Å². The van der Waals surface area contributed by atoms with E-state index in [1.807, 2.05) is 43.6 Å². The molecule has 1 saturated carbocycles. The van der Waals surface area contributed by atoms with Crippen molar-refractivity contribution in [1.82, 2.24) is 15.0 Å². The monoisotopic (exact) mass is 344 g/mol. The summed E-state index contributed by atoms with van der Waals surface area (Å²) in [6.45, 7) is 1.95. The Morgan fingerprint density at radius 2 is 1.62 bits per heavy atom. The summed E-state index contributed by atoms with van der Waals surface area (Å²) in [4.78, 5) is 13.7. The summed E-state index contributed by atoms with van der Waals surface area (Å²) >= 11 is 0. The molecule has 0 bridgehead atoms. The summed E-state index contributed by atoms with van der Waals surface area (Å²) < 4.78 is 0. The Labute approximate surface area is 154 Å². The number of pyridine rings is 1. The van der Waals surface area contributed by atoms with Crippen molar-refractivity contribution >= 4 is 5.82 Å². The third-order valence-corrected chi connectivity index (χ3v) is 4.94. The molecule has 4 rings (SSSR count). The lowest BCUT2D eigenvalue weighted by Gasteiger charge is -2.23. The maximum Gasteiger partial charge on any atom is 0.130 e. The van der Waals surface area contributed by atoms with Crippen molar-refractivity contribution in [3.8, 4) is 22.4 Å². The number of rotatable bonds is 4. The molecule has 1 aliphatic rings. The smallest absolute Gasteiger partial charge is 0.130 e. The van der Waals surface area contributed by atoms with Crippen LogP contribution in [-0.4, -0.2) is 21.0 Å². The SMILES string of the molecule is Cc1nc(NC2CCCCC2)cc(-c2cncc(-c3ccccc3)c2)n1. The van der Waals surface area contributed by atoms with Crippen LogP contribution in [-0.2, 0) is 0 Å². The Hall–Kier alpha value is -2.75. The number of nitrogens with one attached hydrogen (secondary N) is 1. The van der Waals surface area contributed by atoms with Gasteiger partial charge >= 0.3 is 0 Å². The zero-order valence-corrected chi connectivity index (χ0v) is 15.2. The van der Waals surface area contributed by atoms with Crippen LogP contribution in [0, 0.1) is 6.92 Å². The van der Waals surface area contributed by atoms with E-state index in [0.717, 1.165) is 34.0 Å². The minimum Gasteiger partial charge on any atom is -0.367 e. The molecule has 2 heterocycles. The van der Waals surface area contributed by atoms with Crippen LogP contribution in [0.25, 0.3) is 22.4 Å². The second-order valence-corrected chi connectivity index (χ2v) is 6.99. The van der Waals surface area contributed by atoms with Gasteiger partial charge < -0.3 is 5.32 Å². The Kier molecular flexibility index (Phi) is 4.91. The van der Waals surface area contributed by atoms with Crippen LogP contribution < -0.4 is 5.32 Å². The molecule has 132 valence electrons. The summed E-state index contributed by atoms with van der Waals surface area (Å²) in [5, 5.41) is 3.61. The van der Waals surface area contributed by atoms with Crippen molar-refractivity contribution in [2.45, 2.75) is 45.1 Å². The number of aromatic nitrogens is 3. The minimum absolute atomic E-state index is 0.527. The first kappa shape index (κ1) is 16.7. The summed E-state index contributed by atoms with van der Waals surface area (Å²) in [6.07, 6.45) is 10.2. The lowest BCUT2D eigenvalue weighted by Crippen LogP contribution is -2.23. The number of hydrogen-bond donors (Lipinski definition) is 1. The zero-order valence-electron chi connectivity index (χ0n) is 15.2. The first-order valence-corrected chi connectivity index (χ1v) is 9.41. The molecule has 0 amide bonds. The maximum absolute atomic E-state index is 4.64. The fourth-order valence-electron chi connectivity index (χ4n) is 3.61. The average molecular weight is 344 g/mol. The van der Waals surface area contributed by atoms with E-state index in [2.05, 4.69) is 38.5 Å². The lowest BCUT2D eigenvalue weighted by atomic mass is 9.95. The first-order valence-electron chi connectivity index (χ1n) is 9.41. The number of nitrogens with zero attached hydrogens (tertiary/aromatic N) is 3. The van der Waals surface area contributed by atoms with Gasteiger partial charge in [-0.25, -0.2) is 9.97 Å². The van der Waals surface area contributed by atoms with Gasteiger partial charge in [0, 0.05) is 35.6 Å². The average Bonchev–Trinajstić information content (AvgIpc) is 2.69. The molecule has 4 nitrogen and oxygen atoms in total. The van der Waals surface area contributed by atoms with E-state index in [-0.39, 0.29) is 0 Å². The van der Waals surface area contributed by atoms with E-state index in [9.17, 15) is 0 Å². The van der Waals surface area contributed by atoms with E-state index in [4.69, 9.17) is 0 Å². The predicted molar refractivity (Wildman–Crippen MR) is 106 cm³/mol. The number of hydrogen-bond acceptors (Lipinski definition) is 4. The van der Waals surface area contributed by atoms with Crippen LogP contribution >= 0.6 is 0 Å². The zero-order chi connectivity index (χ0) is 17.8. The molecule has 0 saturated heterocycles. The molecular weight excluding hydrogens is 320 g/mol. The maximum atomic E-state index is 4.64. The normalized spacial score (nSPS) is 15.0.